The largest absolute Gasteiger partial charge is 0.504 e. The molecule has 0 bridgehead atoms. The molecule has 2 aromatic carbocycles. The van der Waals surface area contributed by atoms with Crippen LogP contribution in [0.25, 0.3) is 0 Å². The number of amides is 1. The van der Waals surface area contributed by atoms with Gasteiger partial charge in [0.15, 0.2) is 11.5 Å². The van der Waals surface area contributed by atoms with Crippen molar-refractivity contribution in [2.75, 3.05) is 6.54 Å². The third-order valence-corrected chi connectivity index (χ3v) is 4.18. The summed E-state index contributed by atoms with van der Waals surface area (Å²) in [7, 11) is 0. The number of aromatic hydroxyl groups is 2. The van der Waals surface area contributed by atoms with Crippen LogP contribution in [0.5, 0.6) is 11.5 Å². The normalized spacial score (nSPS) is 19.3. The number of hydrogen-bond donors (Lipinski definition) is 3. The van der Waals surface area contributed by atoms with Crippen molar-refractivity contribution in [2.24, 2.45) is 5.92 Å². The molecule has 0 radical (unpaired) electrons. The van der Waals surface area contributed by atoms with Crippen molar-refractivity contribution in [3.8, 4) is 11.5 Å². The van der Waals surface area contributed by atoms with E-state index in [9.17, 15) is 19.4 Å². The molecule has 0 saturated heterocycles. The number of phenols is 2. The first-order valence-corrected chi connectivity index (χ1v) is 7.58. The number of hydrogen-bond acceptors (Lipinski definition) is 3. The average molecular weight is 315 g/mol. The summed E-state index contributed by atoms with van der Waals surface area (Å²) in [5.74, 6) is -0.598. The SMILES string of the molecule is O=C(NCCc1ccc(F)cc1)C1CC1c1ccc(O)c(O)c1. The molecule has 0 spiro atoms. The van der Waals surface area contributed by atoms with E-state index in [1.54, 1.807) is 18.2 Å². The topological polar surface area (TPSA) is 69.6 Å². The Morgan fingerprint density at radius 1 is 1.13 bits per heavy atom. The van der Waals surface area contributed by atoms with Crippen molar-refractivity contribution in [3.05, 3.63) is 59.4 Å². The Hall–Kier alpha value is -2.56. The van der Waals surface area contributed by atoms with Crippen LogP contribution in [0.3, 0.4) is 0 Å². The van der Waals surface area contributed by atoms with E-state index in [1.165, 1.54) is 24.3 Å². The van der Waals surface area contributed by atoms with Crippen LogP contribution in [-0.4, -0.2) is 22.7 Å². The summed E-state index contributed by atoms with van der Waals surface area (Å²) in [5.41, 5.74) is 1.83. The van der Waals surface area contributed by atoms with Gasteiger partial charge in [-0.3, -0.25) is 4.79 Å². The smallest absolute Gasteiger partial charge is 0.223 e. The highest BCUT2D eigenvalue weighted by molar-refractivity contribution is 5.83. The Bertz CT molecular complexity index is 715. The van der Waals surface area contributed by atoms with Gasteiger partial charge >= 0.3 is 0 Å². The number of benzene rings is 2. The van der Waals surface area contributed by atoms with Crippen molar-refractivity contribution < 1.29 is 19.4 Å². The summed E-state index contributed by atoms with van der Waals surface area (Å²) in [6.45, 7) is 0.508. The molecule has 1 amide bonds. The molecule has 1 aliphatic carbocycles. The maximum Gasteiger partial charge on any atom is 0.223 e. The maximum absolute atomic E-state index is 12.8. The van der Waals surface area contributed by atoms with Gasteiger partial charge in [-0.15, -0.1) is 0 Å². The second-order valence-corrected chi connectivity index (χ2v) is 5.86. The zero-order valence-corrected chi connectivity index (χ0v) is 12.5. The van der Waals surface area contributed by atoms with Gasteiger partial charge in [0.2, 0.25) is 5.91 Å². The molecule has 3 N–H and O–H groups in total. The van der Waals surface area contributed by atoms with Crippen molar-refractivity contribution in [2.45, 2.75) is 18.8 Å². The zero-order valence-electron chi connectivity index (χ0n) is 12.5. The van der Waals surface area contributed by atoms with Crippen LogP contribution in [0.1, 0.15) is 23.5 Å². The molecule has 1 saturated carbocycles. The van der Waals surface area contributed by atoms with Crippen molar-refractivity contribution in [3.63, 3.8) is 0 Å². The van der Waals surface area contributed by atoms with E-state index in [4.69, 9.17) is 0 Å². The van der Waals surface area contributed by atoms with E-state index in [0.29, 0.717) is 13.0 Å². The minimum absolute atomic E-state index is 0.00956. The van der Waals surface area contributed by atoms with Crippen molar-refractivity contribution in [1.82, 2.24) is 5.32 Å². The molecule has 0 aliphatic heterocycles. The number of rotatable bonds is 5. The average Bonchev–Trinajstić information content (AvgIpc) is 3.32. The van der Waals surface area contributed by atoms with Gasteiger partial charge in [0.25, 0.3) is 0 Å². The molecule has 1 aliphatic rings. The molecule has 1 fully saturated rings. The molecule has 120 valence electrons. The molecule has 2 atom stereocenters. The fourth-order valence-electron chi connectivity index (χ4n) is 2.74. The zero-order chi connectivity index (χ0) is 16.4. The highest BCUT2D eigenvalue weighted by Gasteiger charge is 2.43. The van der Waals surface area contributed by atoms with Crippen LogP contribution < -0.4 is 5.32 Å². The predicted molar refractivity (Wildman–Crippen MR) is 83.7 cm³/mol. The van der Waals surface area contributed by atoms with Gasteiger partial charge in [0.1, 0.15) is 5.82 Å². The summed E-state index contributed by atoms with van der Waals surface area (Å²) < 4.78 is 12.8. The standard InChI is InChI=1S/C18H18FNO3/c19-13-4-1-11(2-5-13)7-8-20-18(23)15-10-14(15)12-3-6-16(21)17(22)9-12/h1-6,9,14-15,21-22H,7-8,10H2,(H,20,23). The first-order chi connectivity index (χ1) is 11.0. The third kappa shape index (κ3) is 3.62. The van der Waals surface area contributed by atoms with Crippen LogP contribution in [0.15, 0.2) is 42.5 Å². The number of phenolic OH excluding ortho intramolecular Hbond substituents is 2. The summed E-state index contributed by atoms with van der Waals surface area (Å²) in [4.78, 5) is 12.1. The molecule has 0 aromatic heterocycles. The lowest BCUT2D eigenvalue weighted by molar-refractivity contribution is -0.122. The quantitative estimate of drug-likeness (QED) is 0.743. The Labute approximate surface area is 133 Å². The molecule has 0 heterocycles. The number of nitrogens with one attached hydrogen (secondary N) is 1. The lowest BCUT2D eigenvalue weighted by Crippen LogP contribution is -2.27. The van der Waals surface area contributed by atoms with Crippen LogP contribution in [0, 0.1) is 11.7 Å². The highest BCUT2D eigenvalue weighted by atomic mass is 19.1. The van der Waals surface area contributed by atoms with Gasteiger partial charge in [0.05, 0.1) is 0 Å². The van der Waals surface area contributed by atoms with Gasteiger partial charge in [-0.1, -0.05) is 18.2 Å². The van der Waals surface area contributed by atoms with E-state index in [-0.39, 0.29) is 35.1 Å². The lowest BCUT2D eigenvalue weighted by Gasteiger charge is -2.06. The first kappa shape index (κ1) is 15.3. The maximum atomic E-state index is 12.8. The summed E-state index contributed by atoms with van der Waals surface area (Å²) in [6.07, 6.45) is 1.40. The molecule has 3 rings (SSSR count). The second kappa shape index (κ2) is 6.28. The van der Waals surface area contributed by atoms with Gasteiger partial charge < -0.3 is 15.5 Å². The van der Waals surface area contributed by atoms with Crippen LogP contribution in [-0.2, 0) is 11.2 Å². The van der Waals surface area contributed by atoms with Crippen LogP contribution >= 0.6 is 0 Å². The first-order valence-electron chi connectivity index (χ1n) is 7.58. The molecule has 5 heteroatoms. The molecular formula is C18H18FNO3. The second-order valence-electron chi connectivity index (χ2n) is 5.86. The molecule has 4 nitrogen and oxygen atoms in total. The highest BCUT2D eigenvalue weighted by Crippen LogP contribution is 2.48. The fraction of sp³-hybridized carbons (Fsp3) is 0.278. The molecule has 23 heavy (non-hydrogen) atoms. The van der Waals surface area contributed by atoms with Crippen LogP contribution in [0.2, 0.25) is 0 Å². The Kier molecular flexibility index (Phi) is 4.19. The van der Waals surface area contributed by atoms with Gasteiger partial charge in [0, 0.05) is 12.5 Å². The Morgan fingerprint density at radius 3 is 2.57 bits per heavy atom. The van der Waals surface area contributed by atoms with E-state index in [1.807, 2.05) is 0 Å². The summed E-state index contributed by atoms with van der Waals surface area (Å²) in [6, 6.07) is 10.9. The summed E-state index contributed by atoms with van der Waals surface area (Å²) >= 11 is 0. The summed E-state index contributed by atoms with van der Waals surface area (Å²) in [5, 5.41) is 21.7. The Balaban J connectivity index is 1.48. The molecule has 2 unspecified atom stereocenters. The van der Waals surface area contributed by atoms with E-state index in [2.05, 4.69) is 5.32 Å². The van der Waals surface area contributed by atoms with E-state index >= 15 is 0 Å². The number of carbonyl (C=O) groups is 1. The molecular weight excluding hydrogens is 297 g/mol. The van der Waals surface area contributed by atoms with Gasteiger partial charge in [-0.25, -0.2) is 4.39 Å². The van der Waals surface area contributed by atoms with Gasteiger partial charge in [-0.2, -0.15) is 0 Å². The number of carbonyl (C=O) groups excluding carboxylic acids is 1. The fourth-order valence-corrected chi connectivity index (χ4v) is 2.74. The van der Waals surface area contributed by atoms with E-state index < -0.39 is 0 Å². The Morgan fingerprint density at radius 2 is 1.87 bits per heavy atom. The van der Waals surface area contributed by atoms with E-state index in [0.717, 1.165) is 17.5 Å². The third-order valence-electron chi connectivity index (χ3n) is 4.18. The molecule has 2 aromatic rings. The van der Waals surface area contributed by atoms with Crippen molar-refractivity contribution in [1.29, 1.82) is 0 Å². The lowest BCUT2D eigenvalue weighted by atomic mass is 10.1. The predicted octanol–water partition coefficient (Wildman–Crippen LogP) is 2.70. The minimum atomic E-state index is -0.268. The number of halogens is 1. The van der Waals surface area contributed by atoms with Crippen molar-refractivity contribution >= 4 is 5.91 Å². The minimum Gasteiger partial charge on any atom is -0.504 e. The van der Waals surface area contributed by atoms with Gasteiger partial charge in [-0.05, 0) is 54.2 Å². The van der Waals surface area contributed by atoms with Crippen LogP contribution in [0.4, 0.5) is 4.39 Å². The monoisotopic (exact) mass is 315 g/mol.